The first kappa shape index (κ1) is 21.8. The molecule has 0 radical (unpaired) electrons. The van der Waals surface area contributed by atoms with Gasteiger partial charge in [-0.15, -0.1) is 0 Å². The minimum absolute atomic E-state index is 0.131. The van der Waals surface area contributed by atoms with Crippen molar-refractivity contribution < 1.29 is 22.7 Å². The van der Waals surface area contributed by atoms with Gasteiger partial charge in [0.15, 0.2) is 0 Å². The van der Waals surface area contributed by atoms with Crippen molar-refractivity contribution in [3.05, 3.63) is 59.7 Å². The Bertz CT molecular complexity index is 1010. The third-order valence-electron chi connectivity index (χ3n) is 5.47. The van der Waals surface area contributed by atoms with Gasteiger partial charge in [0.05, 0.1) is 23.6 Å². The van der Waals surface area contributed by atoms with Crippen LogP contribution in [0.25, 0.3) is 0 Å². The fraction of sp³-hybridized carbons (Fsp3) is 0.364. The number of sulfonamides is 1. The lowest BCUT2D eigenvalue weighted by Gasteiger charge is -2.30. The number of nitrogens with zero attached hydrogens (tertiary/aromatic N) is 2. The van der Waals surface area contributed by atoms with Gasteiger partial charge in [-0.05, 0) is 56.2 Å². The van der Waals surface area contributed by atoms with Gasteiger partial charge in [0.25, 0.3) is 15.9 Å². The first-order chi connectivity index (χ1) is 14.2. The lowest BCUT2D eigenvalue weighted by molar-refractivity contribution is -0.146. The highest BCUT2D eigenvalue weighted by Gasteiger charge is 2.28. The van der Waals surface area contributed by atoms with E-state index in [1.807, 2.05) is 6.92 Å². The van der Waals surface area contributed by atoms with Crippen molar-refractivity contribution in [1.82, 2.24) is 4.90 Å². The zero-order chi connectivity index (χ0) is 21.9. The van der Waals surface area contributed by atoms with Crippen molar-refractivity contribution in [3.63, 3.8) is 0 Å². The fourth-order valence-corrected chi connectivity index (χ4v) is 4.68. The van der Waals surface area contributed by atoms with Gasteiger partial charge in [0.1, 0.15) is 0 Å². The zero-order valence-electron chi connectivity index (χ0n) is 17.4. The van der Waals surface area contributed by atoms with Crippen molar-refractivity contribution in [2.24, 2.45) is 5.92 Å². The standard InChI is InChI=1S/C22H26N2O5S/c1-16-4-10-20(11-5-16)30(27,28)23(2)19-8-6-17(7-9-19)21(25)24-14-12-18(13-15-24)22(26)29-3/h4-11,18H,12-15H2,1-3H3. The number of anilines is 1. The van der Waals surface area contributed by atoms with E-state index in [9.17, 15) is 18.0 Å². The smallest absolute Gasteiger partial charge is 0.308 e. The van der Waals surface area contributed by atoms with Crippen molar-refractivity contribution >= 4 is 27.6 Å². The molecule has 1 heterocycles. The Kier molecular flexibility index (Phi) is 6.45. The third-order valence-corrected chi connectivity index (χ3v) is 7.27. The molecule has 0 aliphatic carbocycles. The molecule has 1 fully saturated rings. The maximum absolute atomic E-state index is 12.8. The van der Waals surface area contributed by atoms with Gasteiger partial charge < -0.3 is 9.64 Å². The third kappa shape index (κ3) is 4.48. The Morgan fingerprint density at radius 3 is 2.10 bits per heavy atom. The van der Waals surface area contributed by atoms with E-state index in [0.717, 1.165) is 5.56 Å². The molecule has 8 heteroatoms. The SMILES string of the molecule is COC(=O)C1CCN(C(=O)c2ccc(N(C)S(=O)(=O)c3ccc(C)cc3)cc2)CC1. The van der Waals surface area contributed by atoms with E-state index >= 15 is 0 Å². The van der Waals surface area contributed by atoms with Gasteiger partial charge in [-0.1, -0.05) is 17.7 Å². The van der Waals surface area contributed by atoms with Crippen LogP contribution in [0.2, 0.25) is 0 Å². The van der Waals surface area contributed by atoms with Crippen molar-refractivity contribution in [2.45, 2.75) is 24.7 Å². The van der Waals surface area contributed by atoms with Crippen LogP contribution in [0.15, 0.2) is 53.4 Å². The molecule has 3 rings (SSSR count). The Morgan fingerprint density at radius 1 is 1.00 bits per heavy atom. The molecule has 1 aliphatic heterocycles. The predicted molar refractivity (Wildman–Crippen MR) is 114 cm³/mol. The number of hydrogen-bond donors (Lipinski definition) is 0. The number of carbonyl (C=O) groups excluding carboxylic acids is 2. The van der Waals surface area contributed by atoms with E-state index in [4.69, 9.17) is 4.74 Å². The highest BCUT2D eigenvalue weighted by molar-refractivity contribution is 7.92. The summed E-state index contributed by atoms with van der Waals surface area (Å²) < 4.78 is 31.6. The first-order valence-corrected chi connectivity index (χ1v) is 11.2. The van der Waals surface area contributed by atoms with E-state index in [-0.39, 0.29) is 22.7 Å². The van der Waals surface area contributed by atoms with Gasteiger partial charge in [-0.2, -0.15) is 0 Å². The van der Waals surface area contributed by atoms with E-state index in [1.165, 1.54) is 18.5 Å². The summed E-state index contributed by atoms with van der Waals surface area (Å²) in [7, 11) is -0.823. The number of hydrogen-bond acceptors (Lipinski definition) is 5. The maximum Gasteiger partial charge on any atom is 0.308 e. The second kappa shape index (κ2) is 8.87. The number of likely N-dealkylation sites (tertiary alicyclic amines) is 1. The largest absolute Gasteiger partial charge is 0.469 e. The number of esters is 1. The normalized spacial score (nSPS) is 15.0. The van der Waals surface area contributed by atoms with Crippen molar-refractivity contribution in [3.8, 4) is 0 Å². The molecule has 2 aromatic carbocycles. The average Bonchev–Trinajstić information content (AvgIpc) is 2.78. The molecule has 7 nitrogen and oxygen atoms in total. The number of methoxy groups -OCH3 is 1. The molecule has 0 N–H and O–H groups in total. The average molecular weight is 431 g/mol. The summed E-state index contributed by atoms with van der Waals surface area (Å²) in [5.74, 6) is -0.528. The minimum Gasteiger partial charge on any atom is -0.469 e. The number of piperidine rings is 1. The van der Waals surface area contributed by atoms with Crippen LogP contribution in [-0.2, 0) is 19.6 Å². The van der Waals surface area contributed by atoms with Gasteiger partial charge in [-0.25, -0.2) is 8.42 Å². The van der Waals surface area contributed by atoms with Crippen LogP contribution in [0.1, 0.15) is 28.8 Å². The summed E-state index contributed by atoms with van der Waals surface area (Å²) in [6, 6.07) is 13.2. The lowest BCUT2D eigenvalue weighted by atomic mass is 9.96. The first-order valence-electron chi connectivity index (χ1n) is 9.77. The number of amides is 1. The number of benzene rings is 2. The summed E-state index contributed by atoms with van der Waals surface area (Å²) in [5.41, 5.74) is 1.93. The summed E-state index contributed by atoms with van der Waals surface area (Å²) in [4.78, 5) is 26.3. The van der Waals surface area contributed by atoms with Gasteiger partial charge in [0, 0.05) is 25.7 Å². The second-order valence-corrected chi connectivity index (χ2v) is 9.39. The van der Waals surface area contributed by atoms with Crippen LogP contribution in [0, 0.1) is 12.8 Å². The molecule has 0 aromatic heterocycles. The predicted octanol–water partition coefficient (Wildman–Crippen LogP) is 2.85. The molecule has 1 aliphatic rings. The molecule has 1 saturated heterocycles. The summed E-state index contributed by atoms with van der Waals surface area (Å²) in [5, 5.41) is 0. The molecule has 0 unspecified atom stereocenters. The summed E-state index contributed by atoms with van der Waals surface area (Å²) >= 11 is 0. The maximum atomic E-state index is 12.8. The molecule has 0 spiro atoms. The van der Waals surface area contributed by atoms with Crippen LogP contribution in [0.5, 0.6) is 0 Å². The molecule has 1 amide bonds. The number of aryl methyl sites for hydroxylation is 1. The Morgan fingerprint density at radius 2 is 1.57 bits per heavy atom. The number of ether oxygens (including phenoxy) is 1. The van der Waals surface area contributed by atoms with Gasteiger partial charge in [0.2, 0.25) is 0 Å². The Balaban J connectivity index is 1.69. The topological polar surface area (TPSA) is 84.0 Å². The molecule has 2 aromatic rings. The van der Waals surface area contributed by atoms with E-state index < -0.39 is 10.0 Å². The molecule has 160 valence electrons. The van der Waals surface area contributed by atoms with Crippen LogP contribution in [-0.4, -0.2) is 52.4 Å². The molecular formula is C22H26N2O5S. The summed E-state index contributed by atoms with van der Waals surface area (Å²) in [6.07, 6.45) is 1.15. The van der Waals surface area contributed by atoms with Crippen LogP contribution in [0.3, 0.4) is 0 Å². The molecule has 0 saturated carbocycles. The summed E-state index contributed by atoms with van der Waals surface area (Å²) in [6.45, 7) is 2.87. The minimum atomic E-state index is -3.69. The molecule has 30 heavy (non-hydrogen) atoms. The van der Waals surface area contributed by atoms with E-state index in [0.29, 0.717) is 37.2 Å². The highest BCUT2D eigenvalue weighted by Crippen LogP contribution is 2.24. The van der Waals surface area contributed by atoms with Gasteiger partial charge in [-0.3, -0.25) is 13.9 Å². The molecule has 0 atom stereocenters. The Labute approximate surface area is 177 Å². The number of carbonyl (C=O) groups is 2. The van der Waals surface area contributed by atoms with Crippen molar-refractivity contribution in [2.75, 3.05) is 31.6 Å². The lowest BCUT2D eigenvalue weighted by Crippen LogP contribution is -2.40. The van der Waals surface area contributed by atoms with Gasteiger partial charge >= 0.3 is 5.97 Å². The molecule has 0 bridgehead atoms. The van der Waals surface area contributed by atoms with E-state index in [2.05, 4.69) is 0 Å². The highest BCUT2D eigenvalue weighted by atomic mass is 32.2. The quantitative estimate of drug-likeness (QED) is 0.681. The van der Waals surface area contributed by atoms with E-state index in [1.54, 1.807) is 53.4 Å². The zero-order valence-corrected chi connectivity index (χ0v) is 18.2. The number of rotatable bonds is 5. The Hall–Kier alpha value is -2.87. The van der Waals surface area contributed by atoms with Crippen LogP contribution in [0.4, 0.5) is 5.69 Å². The fourth-order valence-electron chi connectivity index (χ4n) is 3.49. The second-order valence-electron chi connectivity index (χ2n) is 7.42. The monoisotopic (exact) mass is 430 g/mol. The van der Waals surface area contributed by atoms with Crippen LogP contribution < -0.4 is 4.31 Å². The molecular weight excluding hydrogens is 404 g/mol. The van der Waals surface area contributed by atoms with Crippen LogP contribution >= 0.6 is 0 Å². The van der Waals surface area contributed by atoms with Crippen molar-refractivity contribution in [1.29, 1.82) is 0 Å².